The van der Waals surface area contributed by atoms with Crippen LogP contribution in [0.5, 0.6) is 0 Å². The number of alkyl halides is 2. The van der Waals surface area contributed by atoms with E-state index in [1.54, 1.807) is 16.7 Å². The second-order valence-electron chi connectivity index (χ2n) is 13.6. The third-order valence-corrected chi connectivity index (χ3v) is 10.1. The van der Waals surface area contributed by atoms with Crippen LogP contribution in [0.15, 0.2) is 35.4 Å². The number of likely N-dealkylation sites (tertiary alicyclic amines) is 1. The minimum Gasteiger partial charge on any atom is -0.364 e. The Morgan fingerprint density at radius 3 is 2.30 bits per heavy atom. The Kier molecular flexibility index (Phi) is 12.5. The monoisotopic (exact) mass is 655 g/mol. The number of piperidine rings is 1. The molecule has 3 aromatic rings. The Bertz CT molecular complexity index is 1500. The van der Waals surface area contributed by atoms with Crippen LogP contribution in [0.1, 0.15) is 82.9 Å². The molecule has 258 valence electrons. The number of unbranched alkanes of at least 4 members (excludes halogenated alkanes) is 4. The second kappa shape index (κ2) is 16.8. The average molecular weight is 656 g/mol. The van der Waals surface area contributed by atoms with Crippen molar-refractivity contribution in [3.8, 4) is 0 Å². The zero-order valence-electron chi connectivity index (χ0n) is 28.4. The number of aryl methyl sites for hydroxylation is 1. The summed E-state index contributed by atoms with van der Waals surface area (Å²) in [7, 11) is 0. The molecule has 0 amide bonds. The number of anilines is 2. The first-order chi connectivity index (χ1) is 22.8. The first-order valence-corrected chi connectivity index (χ1v) is 17.6. The van der Waals surface area contributed by atoms with Gasteiger partial charge in [0.25, 0.3) is 5.56 Å². The van der Waals surface area contributed by atoms with Gasteiger partial charge in [0.15, 0.2) is 0 Å². The smallest absolute Gasteiger partial charge is 0.275 e. The Hall–Kier alpha value is -3.18. The number of fused-ring (bicyclic) bond motifs is 1. The molecule has 0 saturated carbocycles. The summed E-state index contributed by atoms with van der Waals surface area (Å²) in [5, 5.41) is 4.04. The standard InChI is InChI=1S/C36H52F3N7O/c1-26(2)44-18-20-45(21-19-44)32-22-31-34(42-27(3)30-11-9-10-29(24-38)33(30)39)40-25-41-35(31)46(36(32)47)15-8-6-4-5-7-14-43-16-12-28(23-37)13-17-43/h9-11,22,25-28H,4-8,12-21,23-24H2,1-3H3,(H,40,41,42)/t27-/m1/s1. The van der Waals surface area contributed by atoms with Crippen LogP contribution in [0.4, 0.5) is 24.7 Å². The van der Waals surface area contributed by atoms with Gasteiger partial charge >= 0.3 is 0 Å². The minimum atomic E-state index is -0.872. The third kappa shape index (κ3) is 8.65. The van der Waals surface area contributed by atoms with E-state index in [1.165, 1.54) is 12.4 Å². The highest BCUT2D eigenvalue weighted by Gasteiger charge is 2.24. The van der Waals surface area contributed by atoms with Crippen molar-refractivity contribution in [2.75, 3.05) is 62.7 Å². The maximum atomic E-state index is 15.0. The Morgan fingerprint density at radius 2 is 1.62 bits per heavy atom. The number of nitrogens with zero attached hydrogens (tertiary/aromatic N) is 6. The molecule has 1 N–H and O–H groups in total. The molecule has 11 heteroatoms. The van der Waals surface area contributed by atoms with Crippen LogP contribution in [0.3, 0.4) is 0 Å². The lowest BCUT2D eigenvalue weighted by molar-refractivity contribution is 0.163. The van der Waals surface area contributed by atoms with Gasteiger partial charge in [0, 0.05) is 49.9 Å². The minimum absolute atomic E-state index is 0.0265. The van der Waals surface area contributed by atoms with E-state index in [-0.39, 0.29) is 23.7 Å². The van der Waals surface area contributed by atoms with E-state index in [0.29, 0.717) is 40.7 Å². The molecule has 2 aromatic heterocycles. The van der Waals surface area contributed by atoms with E-state index in [2.05, 4.69) is 43.8 Å². The Morgan fingerprint density at radius 1 is 0.915 bits per heavy atom. The number of pyridine rings is 1. The number of aromatic nitrogens is 3. The summed E-state index contributed by atoms with van der Waals surface area (Å²) in [6.45, 7) is 12.0. The Balaban J connectivity index is 1.31. The van der Waals surface area contributed by atoms with Crippen LogP contribution in [-0.4, -0.2) is 82.9 Å². The first kappa shape index (κ1) is 35.1. The van der Waals surface area contributed by atoms with E-state index < -0.39 is 18.5 Å². The number of rotatable bonds is 15. The van der Waals surface area contributed by atoms with Crippen molar-refractivity contribution in [1.82, 2.24) is 24.3 Å². The molecule has 8 nitrogen and oxygen atoms in total. The molecule has 0 unspecified atom stereocenters. The van der Waals surface area contributed by atoms with Crippen molar-refractivity contribution in [2.24, 2.45) is 5.92 Å². The largest absolute Gasteiger partial charge is 0.364 e. The Labute approximate surface area is 277 Å². The van der Waals surface area contributed by atoms with E-state index in [0.717, 1.165) is 90.8 Å². The summed E-state index contributed by atoms with van der Waals surface area (Å²) < 4.78 is 43.1. The third-order valence-electron chi connectivity index (χ3n) is 10.1. The highest BCUT2D eigenvalue weighted by molar-refractivity contribution is 5.89. The number of piperazine rings is 1. The van der Waals surface area contributed by atoms with Crippen molar-refractivity contribution < 1.29 is 13.2 Å². The van der Waals surface area contributed by atoms with Gasteiger partial charge in [-0.25, -0.2) is 18.7 Å². The van der Waals surface area contributed by atoms with Gasteiger partial charge in [-0.2, -0.15) is 0 Å². The summed E-state index contributed by atoms with van der Waals surface area (Å²) in [6, 6.07) is 6.61. The van der Waals surface area contributed by atoms with Gasteiger partial charge in [0.2, 0.25) is 0 Å². The van der Waals surface area contributed by atoms with Gasteiger partial charge in [-0.3, -0.25) is 18.7 Å². The normalized spacial score (nSPS) is 17.6. The highest BCUT2D eigenvalue weighted by Crippen LogP contribution is 2.29. The molecule has 5 rings (SSSR count). The maximum Gasteiger partial charge on any atom is 0.275 e. The summed E-state index contributed by atoms with van der Waals surface area (Å²) in [5.74, 6) is 0.200. The van der Waals surface area contributed by atoms with Crippen molar-refractivity contribution >= 4 is 22.5 Å². The van der Waals surface area contributed by atoms with Crippen molar-refractivity contribution in [3.05, 3.63) is 57.9 Å². The number of hydrogen-bond acceptors (Lipinski definition) is 7. The van der Waals surface area contributed by atoms with Gasteiger partial charge < -0.3 is 15.1 Å². The topological polar surface area (TPSA) is 69.5 Å². The number of benzene rings is 1. The molecule has 2 saturated heterocycles. The summed E-state index contributed by atoms with van der Waals surface area (Å²) >= 11 is 0. The molecular formula is C36H52F3N7O. The number of halogens is 3. The van der Waals surface area contributed by atoms with Crippen LogP contribution in [0.2, 0.25) is 0 Å². The van der Waals surface area contributed by atoms with Crippen LogP contribution in [0.25, 0.3) is 11.0 Å². The van der Waals surface area contributed by atoms with Crippen LogP contribution in [-0.2, 0) is 13.2 Å². The molecule has 0 radical (unpaired) electrons. The van der Waals surface area contributed by atoms with E-state index in [9.17, 15) is 13.6 Å². The van der Waals surface area contributed by atoms with Gasteiger partial charge in [-0.05, 0) is 78.1 Å². The molecule has 4 heterocycles. The fourth-order valence-corrected chi connectivity index (χ4v) is 7.02. The second-order valence-corrected chi connectivity index (χ2v) is 13.6. The molecule has 2 fully saturated rings. The molecule has 2 aliphatic rings. The van der Waals surface area contributed by atoms with Crippen LogP contribution in [0, 0.1) is 11.7 Å². The van der Waals surface area contributed by atoms with Gasteiger partial charge in [-0.15, -0.1) is 0 Å². The summed E-state index contributed by atoms with van der Waals surface area (Å²) in [4.78, 5) is 30.2. The lowest BCUT2D eigenvalue weighted by Gasteiger charge is -2.38. The van der Waals surface area contributed by atoms with Gasteiger partial charge in [-0.1, -0.05) is 37.5 Å². The predicted octanol–water partition coefficient (Wildman–Crippen LogP) is 6.74. The van der Waals surface area contributed by atoms with Gasteiger partial charge in [0.1, 0.15) is 36.0 Å². The number of hydrogen-bond donors (Lipinski definition) is 1. The SMILES string of the molecule is CC(C)N1CCN(c2cc3c(N[C@H](C)c4cccc(CF)c4F)ncnc3n(CCCCCCCN3CCC(CF)CC3)c2=O)CC1. The number of nitrogens with one attached hydrogen (secondary N) is 1. The van der Waals surface area contributed by atoms with E-state index >= 15 is 4.39 Å². The van der Waals surface area contributed by atoms with E-state index in [1.807, 2.05) is 13.0 Å². The van der Waals surface area contributed by atoms with Crippen molar-refractivity contribution in [3.63, 3.8) is 0 Å². The van der Waals surface area contributed by atoms with Gasteiger partial charge in [0.05, 0.1) is 18.1 Å². The quantitative estimate of drug-likeness (QED) is 0.182. The molecule has 2 aliphatic heterocycles. The molecule has 0 aliphatic carbocycles. The highest BCUT2D eigenvalue weighted by atomic mass is 19.1. The molecule has 0 bridgehead atoms. The molecule has 47 heavy (non-hydrogen) atoms. The lowest BCUT2D eigenvalue weighted by Crippen LogP contribution is -2.50. The lowest BCUT2D eigenvalue weighted by atomic mass is 9.98. The average Bonchev–Trinajstić information content (AvgIpc) is 3.09. The molecular weight excluding hydrogens is 603 g/mol. The molecule has 1 atom stereocenters. The summed E-state index contributed by atoms with van der Waals surface area (Å²) in [6.07, 6.45) is 8.59. The van der Waals surface area contributed by atoms with Crippen molar-refractivity contribution in [1.29, 1.82) is 0 Å². The van der Waals surface area contributed by atoms with Crippen molar-refractivity contribution in [2.45, 2.75) is 91.0 Å². The summed E-state index contributed by atoms with van der Waals surface area (Å²) in [5.41, 5.74) is 1.52. The van der Waals surface area contributed by atoms with Crippen LogP contribution < -0.4 is 15.8 Å². The molecule has 1 aromatic carbocycles. The fraction of sp³-hybridized carbons (Fsp3) is 0.639. The predicted molar refractivity (Wildman–Crippen MR) is 184 cm³/mol. The zero-order valence-corrected chi connectivity index (χ0v) is 28.4. The zero-order chi connectivity index (χ0) is 33.3. The first-order valence-electron chi connectivity index (χ1n) is 17.6. The fourth-order valence-electron chi connectivity index (χ4n) is 7.02. The van der Waals surface area contributed by atoms with Crippen LogP contribution >= 0.6 is 0 Å². The molecule has 0 spiro atoms. The van der Waals surface area contributed by atoms with E-state index in [4.69, 9.17) is 0 Å². The maximum absolute atomic E-state index is 15.0.